The Morgan fingerprint density at radius 1 is 0.392 bits per heavy atom. The first-order valence-electron chi connectivity index (χ1n) is 17.3. The third-order valence-electron chi connectivity index (χ3n) is 9.88. The van der Waals surface area contributed by atoms with Gasteiger partial charge in [0.25, 0.3) is 0 Å². The highest BCUT2D eigenvalue weighted by Gasteiger charge is 2.24. The molecule has 240 valence electrons. The lowest BCUT2D eigenvalue weighted by molar-refractivity contribution is 0.669. The molecule has 3 heteroatoms. The van der Waals surface area contributed by atoms with E-state index in [1.807, 2.05) is 17.4 Å². The lowest BCUT2D eigenvalue weighted by atomic mass is 9.97. The number of para-hydroxylation sites is 1. The maximum absolute atomic E-state index is 6.86. The SMILES string of the molecule is c1ccc(-c2cccc(-c3ccc(N(c4ccc(-c5ccccc5)c5c4oc4ccccc45)c4cccc5sc6ccccc6c45)cc3)c2)cc1. The average Bonchev–Trinajstić information content (AvgIpc) is 3.79. The highest BCUT2D eigenvalue weighted by Crippen LogP contribution is 2.49. The molecule has 2 aromatic heterocycles. The van der Waals surface area contributed by atoms with Crippen LogP contribution in [-0.4, -0.2) is 0 Å². The van der Waals surface area contributed by atoms with Gasteiger partial charge >= 0.3 is 0 Å². The van der Waals surface area contributed by atoms with E-state index in [0.717, 1.165) is 44.6 Å². The van der Waals surface area contributed by atoms with Gasteiger partial charge in [0, 0.05) is 36.6 Å². The summed E-state index contributed by atoms with van der Waals surface area (Å²) < 4.78 is 9.40. The molecule has 2 nitrogen and oxygen atoms in total. The molecule has 0 radical (unpaired) electrons. The van der Waals surface area contributed by atoms with E-state index in [0.29, 0.717) is 0 Å². The first-order valence-corrected chi connectivity index (χ1v) is 18.1. The Kier molecular flexibility index (Phi) is 7.04. The van der Waals surface area contributed by atoms with Crippen molar-refractivity contribution in [3.8, 4) is 33.4 Å². The van der Waals surface area contributed by atoms with Crippen molar-refractivity contribution in [1.82, 2.24) is 0 Å². The van der Waals surface area contributed by atoms with Crippen LogP contribution in [0.4, 0.5) is 17.1 Å². The van der Waals surface area contributed by atoms with E-state index in [2.05, 4.69) is 187 Å². The van der Waals surface area contributed by atoms with Crippen molar-refractivity contribution in [3.05, 3.63) is 188 Å². The molecule has 0 amide bonds. The lowest BCUT2D eigenvalue weighted by Gasteiger charge is -2.27. The zero-order valence-electron chi connectivity index (χ0n) is 27.7. The molecule has 10 rings (SSSR count). The van der Waals surface area contributed by atoms with Crippen LogP contribution in [0.15, 0.2) is 192 Å². The van der Waals surface area contributed by atoms with E-state index in [1.165, 1.54) is 48.0 Å². The van der Waals surface area contributed by atoms with Gasteiger partial charge in [0.1, 0.15) is 5.58 Å². The third kappa shape index (κ3) is 5.01. The van der Waals surface area contributed by atoms with Gasteiger partial charge in [-0.05, 0) is 81.9 Å². The molecule has 0 saturated heterocycles. The number of hydrogen-bond donors (Lipinski definition) is 0. The molecule has 0 N–H and O–H groups in total. The molecule has 0 bridgehead atoms. The van der Waals surface area contributed by atoms with Crippen LogP contribution in [0.5, 0.6) is 0 Å². The van der Waals surface area contributed by atoms with Crippen molar-refractivity contribution < 1.29 is 4.42 Å². The number of furan rings is 1. The molecule has 10 aromatic rings. The normalized spacial score (nSPS) is 11.5. The van der Waals surface area contributed by atoms with Crippen LogP contribution in [0, 0.1) is 0 Å². The Morgan fingerprint density at radius 2 is 1.00 bits per heavy atom. The van der Waals surface area contributed by atoms with Gasteiger partial charge in [-0.25, -0.2) is 0 Å². The van der Waals surface area contributed by atoms with E-state index in [1.54, 1.807) is 0 Å². The molecule has 0 aliphatic heterocycles. The largest absolute Gasteiger partial charge is 0.454 e. The quantitative estimate of drug-likeness (QED) is 0.175. The number of hydrogen-bond acceptors (Lipinski definition) is 3. The van der Waals surface area contributed by atoms with Crippen molar-refractivity contribution in [3.63, 3.8) is 0 Å². The van der Waals surface area contributed by atoms with E-state index in [-0.39, 0.29) is 0 Å². The molecule has 0 saturated carbocycles. The van der Waals surface area contributed by atoms with Crippen LogP contribution >= 0.6 is 11.3 Å². The molecular formula is C48H31NOS. The van der Waals surface area contributed by atoms with Crippen molar-refractivity contribution >= 4 is 70.5 Å². The minimum Gasteiger partial charge on any atom is -0.454 e. The Balaban J connectivity index is 1.21. The smallest absolute Gasteiger partial charge is 0.160 e. The van der Waals surface area contributed by atoms with Gasteiger partial charge in [0.15, 0.2) is 5.58 Å². The molecule has 0 fully saturated rings. The molecular weight excluding hydrogens is 639 g/mol. The Morgan fingerprint density at radius 3 is 1.78 bits per heavy atom. The topological polar surface area (TPSA) is 16.4 Å². The van der Waals surface area contributed by atoms with Crippen molar-refractivity contribution in [1.29, 1.82) is 0 Å². The van der Waals surface area contributed by atoms with Crippen molar-refractivity contribution in [2.24, 2.45) is 0 Å². The minimum absolute atomic E-state index is 0.869. The molecule has 0 aliphatic rings. The van der Waals surface area contributed by atoms with Gasteiger partial charge in [-0.1, -0.05) is 140 Å². The summed E-state index contributed by atoms with van der Waals surface area (Å²) in [4.78, 5) is 2.39. The van der Waals surface area contributed by atoms with Crippen molar-refractivity contribution in [2.75, 3.05) is 4.90 Å². The second-order valence-corrected chi connectivity index (χ2v) is 14.0. The number of nitrogens with zero attached hydrogens (tertiary/aromatic N) is 1. The van der Waals surface area contributed by atoms with Gasteiger partial charge in [-0.2, -0.15) is 0 Å². The van der Waals surface area contributed by atoms with Gasteiger partial charge in [0.2, 0.25) is 0 Å². The highest BCUT2D eigenvalue weighted by atomic mass is 32.1. The Labute approximate surface area is 300 Å². The highest BCUT2D eigenvalue weighted by molar-refractivity contribution is 7.26. The van der Waals surface area contributed by atoms with Gasteiger partial charge < -0.3 is 9.32 Å². The molecule has 0 spiro atoms. The molecule has 2 heterocycles. The molecule has 51 heavy (non-hydrogen) atoms. The summed E-state index contributed by atoms with van der Waals surface area (Å²) in [7, 11) is 0. The molecule has 0 aliphatic carbocycles. The number of fused-ring (bicyclic) bond motifs is 6. The summed E-state index contributed by atoms with van der Waals surface area (Å²) in [6.07, 6.45) is 0. The van der Waals surface area contributed by atoms with Gasteiger partial charge in [-0.3, -0.25) is 0 Å². The Bertz CT molecular complexity index is 2850. The fourth-order valence-corrected chi connectivity index (χ4v) is 8.64. The fraction of sp³-hybridized carbons (Fsp3) is 0. The average molecular weight is 670 g/mol. The summed E-state index contributed by atoms with van der Waals surface area (Å²) >= 11 is 1.84. The van der Waals surface area contributed by atoms with Crippen LogP contribution in [0.3, 0.4) is 0 Å². The zero-order valence-corrected chi connectivity index (χ0v) is 28.5. The standard InChI is InChI=1S/C48H31NOS/c1-3-13-32(14-4-1)35-17-11-18-36(31-35)33-25-27-37(28-26-33)49(41-21-12-24-45-47(41)40-20-8-10-23-44(40)51-45)42-30-29-38(34-15-5-2-6-16-34)46-39-19-7-9-22-43(39)50-48(42)46/h1-31H. The Hall–Kier alpha value is -6.42. The van der Waals surface area contributed by atoms with Gasteiger partial charge in [0.05, 0.1) is 11.4 Å². The van der Waals surface area contributed by atoms with Gasteiger partial charge in [-0.15, -0.1) is 11.3 Å². The minimum atomic E-state index is 0.869. The fourth-order valence-electron chi connectivity index (χ4n) is 7.51. The van der Waals surface area contributed by atoms with E-state index < -0.39 is 0 Å². The summed E-state index contributed by atoms with van der Waals surface area (Å²) in [5.74, 6) is 0. The predicted molar refractivity (Wildman–Crippen MR) is 218 cm³/mol. The number of benzene rings is 8. The van der Waals surface area contributed by atoms with E-state index in [4.69, 9.17) is 4.42 Å². The second kappa shape index (κ2) is 12.2. The van der Waals surface area contributed by atoms with Crippen LogP contribution in [0.1, 0.15) is 0 Å². The van der Waals surface area contributed by atoms with Crippen molar-refractivity contribution in [2.45, 2.75) is 0 Å². The summed E-state index contributed by atoms with van der Waals surface area (Å²) in [6, 6.07) is 67.3. The van der Waals surface area contributed by atoms with Crippen LogP contribution in [-0.2, 0) is 0 Å². The summed E-state index contributed by atoms with van der Waals surface area (Å²) in [5.41, 5.74) is 12.0. The first-order chi connectivity index (χ1) is 25.3. The monoisotopic (exact) mass is 669 g/mol. The van der Waals surface area contributed by atoms with E-state index in [9.17, 15) is 0 Å². The first kappa shape index (κ1) is 29.5. The van der Waals surface area contributed by atoms with Crippen LogP contribution in [0.25, 0.3) is 75.5 Å². The van der Waals surface area contributed by atoms with E-state index >= 15 is 0 Å². The second-order valence-electron chi connectivity index (χ2n) is 12.9. The maximum atomic E-state index is 6.86. The number of thiophene rings is 1. The summed E-state index contributed by atoms with van der Waals surface area (Å²) in [6.45, 7) is 0. The predicted octanol–water partition coefficient (Wildman–Crippen LogP) is 14.4. The number of anilines is 3. The maximum Gasteiger partial charge on any atom is 0.160 e. The molecule has 0 atom stereocenters. The van der Waals surface area contributed by atoms with Crippen LogP contribution < -0.4 is 4.90 Å². The third-order valence-corrected chi connectivity index (χ3v) is 11.0. The number of rotatable bonds is 6. The molecule has 0 unspecified atom stereocenters. The zero-order chi connectivity index (χ0) is 33.7. The summed E-state index contributed by atoms with van der Waals surface area (Å²) in [5, 5.41) is 4.74. The lowest BCUT2D eigenvalue weighted by Crippen LogP contribution is -2.10. The molecule has 8 aromatic carbocycles. The van der Waals surface area contributed by atoms with Crippen LogP contribution in [0.2, 0.25) is 0 Å².